The molecule has 0 saturated heterocycles. The van der Waals surface area contributed by atoms with Crippen LogP contribution in [-0.2, 0) is 6.54 Å². The second-order valence-electron chi connectivity index (χ2n) is 3.99. The maximum Gasteiger partial charge on any atom is 0.318 e. The standard InChI is InChI=1S/C12H13BrClN3O/c1-8(14)11-15-16-12(18-11)17(2)7-9-5-3-4-6-10(9)13/h3-6,8H,7H2,1-2H3. The van der Waals surface area contributed by atoms with Gasteiger partial charge in [0.25, 0.3) is 0 Å². The Labute approximate surface area is 119 Å². The third-order valence-corrected chi connectivity index (χ3v) is 3.42. The van der Waals surface area contributed by atoms with Crippen molar-refractivity contribution in [3.8, 4) is 0 Å². The van der Waals surface area contributed by atoms with Gasteiger partial charge in [0.1, 0.15) is 5.38 Å². The number of anilines is 1. The molecule has 18 heavy (non-hydrogen) atoms. The van der Waals surface area contributed by atoms with Crippen LogP contribution >= 0.6 is 27.5 Å². The van der Waals surface area contributed by atoms with E-state index < -0.39 is 0 Å². The molecule has 1 aromatic heterocycles. The van der Waals surface area contributed by atoms with E-state index in [1.165, 1.54) is 0 Å². The number of hydrogen-bond donors (Lipinski definition) is 0. The average molecular weight is 331 g/mol. The van der Waals surface area contributed by atoms with Gasteiger partial charge in [0.15, 0.2) is 0 Å². The molecule has 1 aromatic carbocycles. The molecule has 0 aliphatic carbocycles. The van der Waals surface area contributed by atoms with Crippen molar-refractivity contribution < 1.29 is 4.42 Å². The highest BCUT2D eigenvalue weighted by atomic mass is 79.9. The largest absolute Gasteiger partial charge is 0.406 e. The molecule has 0 saturated carbocycles. The molecule has 0 amide bonds. The predicted molar refractivity (Wildman–Crippen MR) is 74.8 cm³/mol. The van der Waals surface area contributed by atoms with Crippen molar-refractivity contribution >= 4 is 33.5 Å². The molecule has 1 atom stereocenters. The summed E-state index contributed by atoms with van der Waals surface area (Å²) in [7, 11) is 1.90. The van der Waals surface area contributed by atoms with E-state index in [0.29, 0.717) is 18.5 Å². The number of alkyl halides is 1. The van der Waals surface area contributed by atoms with Gasteiger partial charge in [-0.1, -0.05) is 39.2 Å². The molecule has 1 unspecified atom stereocenters. The molecule has 0 bridgehead atoms. The molecule has 0 aliphatic heterocycles. The topological polar surface area (TPSA) is 42.2 Å². The molecule has 4 nitrogen and oxygen atoms in total. The Hall–Kier alpha value is -1.07. The first-order chi connectivity index (χ1) is 8.58. The van der Waals surface area contributed by atoms with Crippen LogP contribution in [0.5, 0.6) is 0 Å². The zero-order valence-corrected chi connectivity index (χ0v) is 12.4. The van der Waals surface area contributed by atoms with Gasteiger partial charge in [-0.15, -0.1) is 16.7 Å². The normalized spacial score (nSPS) is 12.4. The van der Waals surface area contributed by atoms with E-state index in [1.54, 1.807) is 6.92 Å². The average Bonchev–Trinajstić information content (AvgIpc) is 2.81. The van der Waals surface area contributed by atoms with E-state index >= 15 is 0 Å². The van der Waals surface area contributed by atoms with E-state index in [1.807, 2.05) is 36.2 Å². The molecule has 1 heterocycles. The van der Waals surface area contributed by atoms with Gasteiger partial charge in [-0.05, 0) is 18.6 Å². The number of rotatable bonds is 4. The lowest BCUT2D eigenvalue weighted by molar-refractivity contribution is 0.489. The van der Waals surface area contributed by atoms with Gasteiger partial charge in [-0.2, -0.15) is 0 Å². The number of aromatic nitrogens is 2. The lowest BCUT2D eigenvalue weighted by Crippen LogP contribution is -2.17. The minimum Gasteiger partial charge on any atom is -0.406 e. The van der Waals surface area contributed by atoms with Crippen LogP contribution in [0.25, 0.3) is 0 Å². The van der Waals surface area contributed by atoms with Crippen molar-refractivity contribution in [2.45, 2.75) is 18.8 Å². The van der Waals surface area contributed by atoms with Crippen molar-refractivity contribution in [3.05, 3.63) is 40.2 Å². The van der Waals surface area contributed by atoms with Crippen molar-refractivity contribution in [3.63, 3.8) is 0 Å². The van der Waals surface area contributed by atoms with E-state index in [-0.39, 0.29) is 5.38 Å². The Kier molecular flexibility index (Phi) is 4.24. The summed E-state index contributed by atoms with van der Waals surface area (Å²) in [6.07, 6.45) is 0. The van der Waals surface area contributed by atoms with E-state index in [2.05, 4.69) is 26.1 Å². The van der Waals surface area contributed by atoms with Gasteiger partial charge < -0.3 is 9.32 Å². The van der Waals surface area contributed by atoms with Crippen LogP contribution < -0.4 is 4.90 Å². The molecule has 0 radical (unpaired) electrons. The highest BCUT2D eigenvalue weighted by molar-refractivity contribution is 9.10. The first-order valence-electron chi connectivity index (χ1n) is 5.50. The van der Waals surface area contributed by atoms with Gasteiger partial charge >= 0.3 is 6.01 Å². The van der Waals surface area contributed by atoms with Gasteiger partial charge in [0.2, 0.25) is 5.89 Å². The number of nitrogens with zero attached hydrogens (tertiary/aromatic N) is 3. The zero-order chi connectivity index (χ0) is 13.1. The first kappa shape index (κ1) is 13.4. The molecule has 6 heteroatoms. The summed E-state index contributed by atoms with van der Waals surface area (Å²) in [6.45, 7) is 2.48. The Morgan fingerprint density at radius 3 is 2.72 bits per heavy atom. The minimum absolute atomic E-state index is 0.275. The molecule has 96 valence electrons. The SMILES string of the molecule is CC(Cl)c1nnc(N(C)Cc2ccccc2Br)o1. The van der Waals surface area contributed by atoms with Crippen molar-refractivity contribution in [1.29, 1.82) is 0 Å². The van der Waals surface area contributed by atoms with Crippen molar-refractivity contribution in [2.75, 3.05) is 11.9 Å². The Bertz CT molecular complexity index is 530. The van der Waals surface area contributed by atoms with Gasteiger partial charge in [-0.25, -0.2) is 0 Å². The minimum atomic E-state index is -0.275. The number of halogens is 2. The third-order valence-electron chi connectivity index (χ3n) is 2.46. The fraction of sp³-hybridized carbons (Fsp3) is 0.333. The Morgan fingerprint density at radius 1 is 1.39 bits per heavy atom. The number of hydrogen-bond acceptors (Lipinski definition) is 4. The Balaban J connectivity index is 2.12. The smallest absolute Gasteiger partial charge is 0.318 e. The highest BCUT2D eigenvalue weighted by Crippen LogP contribution is 2.23. The first-order valence-corrected chi connectivity index (χ1v) is 6.73. The quantitative estimate of drug-likeness (QED) is 0.800. The van der Waals surface area contributed by atoms with Gasteiger partial charge in [0, 0.05) is 18.1 Å². The van der Waals surface area contributed by atoms with E-state index in [0.717, 1.165) is 10.0 Å². The molecule has 2 aromatic rings. The maximum atomic E-state index is 5.88. The molecule has 0 N–H and O–H groups in total. The predicted octanol–water partition coefficient (Wildman–Crippen LogP) is 3.77. The lowest BCUT2D eigenvalue weighted by atomic mass is 10.2. The third kappa shape index (κ3) is 3.03. The fourth-order valence-corrected chi connectivity index (χ4v) is 1.99. The van der Waals surface area contributed by atoms with Crippen LogP contribution in [0.3, 0.4) is 0 Å². The van der Waals surface area contributed by atoms with Crippen LogP contribution in [0.15, 0.2) is 33.2 Å². The summed E-state index contributed by atoms with van der Waals surface area (Å²) < 4.78 is 6.53. The monoisotopic (exact) mass is 329 g/mol. The second kappa shape index (κ2) is 5.71. The fourth-order valence-electron chi connectivity index (χ4n) is 1.49. The summed E-state index contributed by atoms with van der Waals surface area (Å²) in [6, 6.07) is 8.49. The summed E-state index contributed by atoms with van der Waals surface area (Å²) in [4.78, 5) is 1.88. The zero-order valence-electron chi connectivity index (χ0n) is 10.1. The summed E-state index contributed by atoms with van der Waals surface area (Å²) in [5, 5.41) is 7.60. The van der Waals surface area contributed by atoms with Crippen molar-refractivity contribution in [1.82, 2.24) is 10.2 Å². The van der Waals surface area contributed by atoms with Gasteiger partial charge in [-0.3, -0.25) is 0 Å². The maximum absolute atomic E-state index is 5.88. The van der Waals surface area contributed by atoms with Crippen LogP contribution in [0.1, 0.15) is 23.8 Å². The van der Waals surface area contributed by atoms with Crippen LogP contribution in [0.4, 0.5) is 6.01 Å². The van der Waals surface area contributed by atoms with Crippen LogP contribution in [0, 0.1) is 0 Å². The molecular formula is C12H13BrClN3O. The molecule has 0 spiro atoms. The highest BCUT2D eigenvalue weighted by Gasteiger charge is 2.14. The molecular weight excluding hydrogens is 318 g/mol. The summed E-state index contributed by atoms with van der Waals surface area (Å²) >= 11 is 9.40. The molecule has 0 aliphatic rings. The summed E-state index contributed by atoms with van der Waals surface area (Å²) in [5.41, 5.74) is 1.15. The van der Waals surface area contributed by atoms with Crippen LogP contribution in [-0.4, -0.2) is 17.2 Å². The summed E-state index contributed by atoms with van der Waals surface area (Å²) in [5.74, 6) is 0.436. The molecule has 0 fully saturated rings. The van der Waals surface area contributed by atoms with Crippen LogP contribution in [0.2, 0.25) is 0 Å². The second-order valence-corrected chi connectivity index (χ2v) is 5.50. The van der Waals surface area contributed by atoms with Crippen molar-refractivity contribution in [2.24, 2.45) is 0 Å². The Morgan fingerprint density at radius 2 is 2.11 bits per heavy atom. The van der Waals surface area contributed by atoms with E-state index in [9.17, 15) is 0 Å². The molecule has 2 rings (SSSR count). The van der Waals surface area contributed by atoms with Gasteiger partial charge in [0.05, 0.1) is 0 Å². The lowest BCUT2D eigenvalue weighted by Gasteiger charge is -2.14. The number of benzene rings is 1. The van der Waals surface area contributed by atoms with E-state index in [4.69, 9.17) is 16.0 Å².